The molecule has 0 atom stereocenters. The molecule has 3 aromatic rings. The maximum atomic E-state index is 13.2. The Morgan fingerprint density at radius 2 is 1.74 bits per heavy atom. The molecule has 0 aliphatic heterocycles. The van der Waals surface area contributed by atoms with Crippen molar-refractivity contribution in [2.24, 2.45) is 0 Å². The van der Waals surface area contributed by atoms with Crippen LogP contribution in [0.5, 0.6) is 17.2 Å². The third-order valence-electron chi connectivity index (χ3n) is 4.03. The normalized spacial score (nSPS) is 10.3. The van der Waals surface area contributed by atoms with Crippen LogP contribution in [0.4, 0.5) is 0 Å². The van der Waals surface area contributed by atoms with E-state index < -0.39 is 0 Å². The van der Waals surface area contributed by atoms with Crippen molar-refractivity contribution >= 4 is 23.4 Å². The number of hydrogen-bond acceptors (Lipinski definition) is 7. The van der Waals surface area contributed by atoms with E-state index in [2.05, 4.69) is 4.98 Å². The summed E-state index contributed by atoms with van der Waals surface area (Å²) in [4.78, 5) is 28.9. The van der Waals surface area contributed by atoms with Gasteiger partial charge in [0.15, 0.2) is 23.6 Å². The first-order valence-electron chi connectivity index (χ1n) is 7.96. The van der Waals surface area contributed by atoms with Crippen LogP contribution in [0.1, 0.15) is 26.3 Å². The molecular weight excluding hydrogens is 366 g/mol. The molecule has 1 aromatic heterocycles. The van der Waals surface area contributed by atoms with Crippen molar-refractivity contribution in [1.82, 2.24) is 4.98 Å². The molecule has 27 heavy (non-hydrogen) atoms. The lowest BCUT2D eigenvalue weighted by molar-refractivity contribution is 0.102. The predicted molar refractivity (Wildman–Crippen MR) is 102 cm³/mol. The summed E-state index contributed by atoms with van der Waals surface area (Å²) < 4.78 is 15.9. The fourth-order valence-electron chi connectivity index (χ4n) is 2.72. The van der Waals surface area contributed by atoms with Crippen LogP contribution in [-0.2, 0) is 0 Å². The number of ketones is 1. The van der Waals surface area contributed by atoms with Gasteiger partial charge in [0.05, 0.1) is 21.3 Å². The van der Waals surface area contributed by atoms with E-state index >= 15 is 0 Å². The van der Waals surface area contributed by atoms with Crippen molar-refractivity contribution in [3.63, 3.8) is 0 Å². The van der Waals surface area contributed by atoms with Gasteiger partial charge in [-0.3, -0.25) is 9.59 Å². The molecule has 2 aromatic carbocycles. The van der Waals surface area contributed by atoms with Crippen molar-refractivity contribution < 1.29 is 23.8 Å². The minimum Gasteiger partial charge on any atom is -0.493 e. The Hall–Kier alpha value is -3.19. The Bertz CT molecular complexity index is 957. The summed E-state index contributed by atoms with van der Waals surface area (Å²) in [5.41, 5.74) is 1.68. The Morgan fingerprint density at radius 3 is 2.26 bits per heavy atom. The van der Waals surface area contributed by atoms with Gasteiger partial charge in [0.1, 0.15) is 5.01 Å². The minimum atomic E-state index is -0.324. The average molecular weight is 383 g/mol. The lowest BCUT2D eigenvalue weighted by Crippen LogP contribution is -2.07. The van der Waals surface area contributed by atoms with E-state index in [1.54, 1.807) is 36.5 Å². The predicted octanol–water partition coefficient (Wildman–Crippen LogP) is 3.88. The fourth-order valence-corrected chi connectivity index (χ4v) is 3.36. The summed E-state index contributed by atoms with van der Waals surface area (Å²) in [5.74, 6) is 0.798. The van der Waals surface area contributed by atoms with Gasteiger partial charge in [0.2, 0.25) is 5.75 Å². The highest BCUT2D eigenvalue weighted by Crippen LogP contribution is 2.39. The van der Waals surface area contributed by atoms with Crippen molar-refractivity contribution in [3.8, 4) is 27.8 Å². The maximum absolute atomic E-state index is 13.2. The molecule has 0 unspecified atom stereocenters. The van der Waals surface area contributed by atoms with Crippen LogP contribution in [-0.4, -0.2) is 38.4 Å². The zero-order valence-electron chi connectivity index (χ0n) is 15.0. The summed E-state index contributed by atoms with van der Waals surface area (Å²) in [6.45, 7) is 0. The number of carbonyl (C=O) groups excluding carboxylic acids is 2. The van der Waals surface area contributed by atoms with Crippen molar-refractivity contribution in [3.05, 3.63) is 58.6 Å². The number of aromatic nitrogens is 1. The lowest BCUT2D eigenvalue weighted by Gasteiger charge is -2.14. The SMILES string of the molecule is COc1cc(C(=O)c2cc(-c3nccs3)ccc2C=O)cc(OC)c1OC. The van der Waals surface area contributed by atoms with Crippen molar-refractivity contribution in [1.29, 1.82) is 0 Å². The second-order valence-corrected chi connectivity index (χ2v) is 6.39. The van der Waals surface area contributed by atoms with E-state index in [-0.39, 0.29) is 11.3 Å². The van der Waals surface area contributed by atoms with Crippen molar-refractivity contribution in [2.45, 2.75) is 0 Å². The summed E-state index contributed by atoms with van der Waals surface area (Å²) >= 11 is 1.46. The number of ether oxygens (including phenoxy) is 3. The van der Waals surface area contributed by atoms with Gasteiger partial charge < -0.3 is 14.2 Å². The fraction of sp³-hybridized carbons (Fsp3) is 0.150. The minimum absolute atomic E-state index is 0.284. The standard InChI is InChI=1S/C20H17NO5S/c1-24-16-9-14(10-17(25-2)19(16)26-3)18(23)15-8-12(4-5-13(15)11-22)20-21-6-7-27-20/h4-11H,1-3H3. The van der Waals surface area contributed by atoms with Crippen LogP contribution in [0.15, 0.2) is 41.9 Å². The number of hydrogen-bond donors (Lipinski definition) is 0. The van der Waals surface area contributed by atoms with Crippen LogP contribution in [0.25, 0.3) is 10.6 Å². The largest absolute Gasteiger partial charge is 0.493 e. The second kappa shape index (κ2) is 8.01. The summed E-state index contributed by atoms with van der Waals surface area (Å²) in [6.07, 6.45) is 2.35. The van der Waals surface area contributed by atoms with Crippen LogP contribution >= 0.6 is 11.3 Å². The topological polar surface area (TPSA) is 74.7 Å². The lowest BCUT2D eigenvalue weighted by atomic mass is 9.96. The van der Waals surface area contributed by atoms with Crippen LogP contribution < -0.4 is 14.2 Å². The molecule has 0 aliphatic rings. The molecule has 0 amide bonds. The number of methoxy groups -OCH3 is 3. The van der Waals surface area contributed by atoms with Gasteiger partial charge in [-0.2, -0.15) is 0 Å². The number of thiazole rings is 1. The molecule has 7 heteroatoms. The molecule has 138 valence electrons. The van der Waals surface area contributed by atoms with Gasteiger partial charge in [0, 0.05) is 33.8 Å². The molecule has 0 saturated carbocycles. The first-order chi connectivity index (χ1) is 13.1. The number of nitrogens with zero attached hydrogens (tertiary/aromatic N) is 1. The molecule has 0 aliphatic carbocycles. The first-order valence-corrected chi connectivity index (χ1v) is 8.84. The van der Waals surface area contributed by atoms with E-state index in [4.69, 9.17) is 14.2 Å². The third-order valence-corrected chi connectivity index (χ3v) is 4.85. The summed E-state index contributed by atoms with van der Waals surface area (Å²) in [6, 6.07) is 8.19. The smallest absolute Gasteiger partial charge is 0.203 e. The zero-order chi connectivity index (χ0) is 19.4. The molecule has 0 fully saturated rings. The second-order valence-electron chi connectivity index (χ2n) is 5.50. The van der Waals surface area contributed by atoms with E-state index in [0.717, 1.165) is 10.6 Å². The Balaban J connectivity index is 2.13. The Kier molecular flexibility index (Phi) is 5.52. The van der Waals surface area contributed by atoms with Crippen molar-refractivity contribution in [2.75, 3.05) is 21.3 Å². The molecule has 0 bridgehead atoms. The number of rotatable bonds is 7. The zero-order valence-corrected chi connectivity index (χ0v) is 15.8. The van der Waals surface area contributed by atoms with E-state index in [1.807, 2.05) is 5.38 Å². The third kappa shape index (κ3) is 3.54. The molecule has 1 heterocycles. The molecule has 6 nitrogen and oxygen atoms in total. The number of benzene rings is 2. The average Bonchev–Trinajstić information content (AvgIpc) is 3.26. The monoisotopic (exact) mass is 383 g/mol. The molecule has 3 rings (SSSR count). The summed E-state index contributed by atoms with van der Waals surface area (Å²) in [7, 11) is 4.45. The first kappa shape index (κ1) is 18.6. The van der Waals surface area contributed by atoms with Gasteiger partial charge in [-0.25, -0.2) is 4.98 Å². The molecular formula is C20H17NO5S. The Morgan fingerprint density at radius 1 is 1.04 bits per heavy atom. The van der Waals surface area contributed by atoms with Crippen LogP contribution in [0, 0.1) is 0 Å². The summed E-state index contributed by atoms with van der Waals surface area (Å²) in [5, 5.41) is 2.62. The number of aldehydes is 1. The van der Waals surface area contributed by atoms with Gasteiger partial charge in [-0.05, 0) is 18.2 Å². The molecule has 0 N–H and O–H groups in total. The van der Waals surface area contributed by atoms with Crippen LogP contribution in [0.3, 0.4) is 0 Å². The highest BCUT2D eigenvalue weighted by atomic mass is 32.1. The quantitative estimate of drug-likeness (QED) is 0.455. The highest BCUT2D eigenvalue weighted by molar-refractivity contribution is 7.13. The van der Waals surface area contributed by atoms with E-state index in [1.165, 1.54) is 32.7 Å². The van der Waals surface area contributed by atoms with Gasteiger partial charge >= 0.3 is 0 Å². The van der Waals surface area contributed by atoms with E-state index in [0.29, 0.717) is 34.7 Å². The maximum Gasteiger partial charge on any atom is 0.203 e. The number of carbonyl (C=O) groups is 2. The van der Waals surface area contributed by atoms with Gasteiger partial charge in [0.25, 0.3) is 0 Å². The van der Waals surface area contributed by atoms with Crippen LogP contribution in [0.2, 0.25) is 0 Å². The molecule has 0 saturated heterocycles. The highest BCUT2D eigenvalue weighted by Gasteiger charge is 2.20. The van der Waals surface area contributed by atoms with E-state index in [9.17, 15) is 9.59 Å². The molecule has 0 spiro atoms. The molecule has 0 radical (unpaired) electrons. The van der Waals surface area contributed by atoms with Gasteiger partial charge in [-0.1, -0.05) is 12.1 Å². The Labute approximate surface area is 160 Å². The van der Waals surface area contributed by atoms with Gasteiger partial charge in [-0.15, -0.1) is 11.3 Å².